The van der Waals surface area contributed by atoms with Crippen LogP contribution in [0.3, 0.4) is 0 Å². The number of benzene rings is 1. The van der Waals surface area contributed by atoms with Crippen molar-refractivity contribution in [3.63, 3.8) is 0 Å². The van der Waals surface area contributed by atoms with Crippen molar-refractivity contribution in [3.05, 3.63) is 23.8 Å². The zero-order chi connectivity index (χ0) is 10.4. The average molecular weight is 195 g/mol. The lowest BCUT2D eigenvalue weighted by atomic mass is 10.2. The Labute approximate surface area is 82.8 Å². The smallest absolute Gasteiger partial charge is 0.207 e. The van der Waals surface area contributed by atoms with Crippen molar-refractivity contribution in [2.45, 2.75) is 6.54 Å². The number of rotatable bonds is 5. The van der Waals surface area contributed by atoms with Gasteiger partial charge in [-0.1, -0.05) is 0 Å². The molecule has 0 aliphatic carbocycles. The SMILES string of the molecule is COc1cc(CNC=O)cc(OC)c1. The van der Waals surface area contributed by atoms with Gasteiger partial charge in [0.2, 0.25) is 6.41 Å². The molecule has 4 heteroatoms. The van der Waals surface area contributed by atoms with Crippen molar-refractivity contribution in [1.29, 1.82) is 0 Å². The topological polar surface area (TPSA) is 47.6 Å². The molecule has 0 heterocycles. The van der Waals surface area contributed by atoms with E-state index >= 15 is 0 Å². The highest BCUT2D eigenvalue weighted by Gasteiger charge is 2.00. The fourth-order valence-corrected chi connectivity index (χ4v) is 1.13. The number of hydrogen-bond acceptors (Lipinski definition) is 3. The number of carbonyl (C=O) groups is 1. The number of nitrogens with one attached hydrogen (secondary N) is 1. The van der Waals surface area contributed by atoms with Crippen LogP contribution >= 0.6 is 0 Å². The number of ether oxygens (including phenoxy) is 2. The van der Waals surface area contributed by atoms with Gasteiger partial charge in [-0.15, -0.1) is 0 Å². The molecule has 0 fully saturated rings. The molecular weight excluding hydrogens is 182 g/mol. The molecule has 0 saturated carbocycles. The monoisotopic (exact) mass is 195 g/mol. The van der Waals surface area contributed by atoms with E-state index in [1.54, 1.807) is 20.3 Å². The highest BCUT2D eigenvalue weighted by Crippen LogP contribution is 2.22. The molecule has 0 aromatic heterocycles. The fraction of sp³-hybridized carbons (Fsp3) is 0.300. The minimum absolute atomic E-state index is 0.469. The van der Waals surface area contributed by atoms with E-state index in [9.17, 15) is 4.79 Å². The van der Waals surface area contributed by atoms with Crippen LogP contribution in [0.15, 0.2) is 18.2 Å². The molecule has 0 radical (unpaired) electrons. The van der Waals surface area contributed by atoms with E-state index in [1.165, 1.54) is 0 Å². The van der Waals surface area contributed by atoms with Crippen LogP contribution in [0.4, 0.5) is 0 Å². The van der Waals surface area contributed by atoms with Crippen molar-refractivity contribution >= 4 is 6.41 Å². The Balaban J connectivity index is 2.86. The summed E-state index contributed by atoms with van der Waals surface area (Å²) in [6, 6.07) is 5.47. The van der Waals surface area contributed by atoms with Crippen LogP contribution in [0, 0.1) is 0 Å². The summed E-state index contributed by atoms with van der Waals surface area (Å²) in [6.07, 6.45) is 0.659. The molecule has 0 aliphatic heterocycles. The van der Waals surface area contributed by atoms with Crippen molar-refractivity contribution in [2.24, 2.45) is 0 Å². The molecule has 1 N–H and O–H groups in total. The number of amides is 1. The maximum absolute atomic E-state index is 10.1. The van der Waals surface area contributed by atoms with Crippen LogP contribution < -0.4 is 14.8 Å². The number of methoxy groups -OCH3 is 2. The van der Waals surface area contributed by atoms with Gasteiger partial charge in [0.1, 0.15) is 11.5 Å². The minimum atomic E-state index is 0.469. The summed E-state index contributed by atoms with van der Waals surface area (Å²) in [5, 5.41) is 2.58. The highest BCUT2D eigenvalue weighted by molar-refractivity contribution is 5.47. The van der Waals surface area contributed by atoms with Gasteiger partial charge < -0.3 is 14.8 Å². The minimum Gasteiger partial charge on any atom is -0.497 e. The molecule has 0 spiro atoms. The second-order valence-corrected chi connectivity index (χ2v) is 2.72. The molecule has 0 aliphatic rings. The van der Waals surface area contributed by atoms with Crippen LogP contribution in [-0.2, 0) is 11.3 Å². The molecule has 76 valence electrons. The Bertz CT molecular complexity index is 290. The number of hydrogen-bond donors (Lipinski definition) is 1. The second kappa shape index (κ2) is 5.11. The maximum atomic E-state index is 10.1. The summed E-state index contributed by atoms with van der Waals surface area (Å²) in [7, 11) is 3.18. The van der Waals surface area contributed by atoms with E-state index < -0.39 is 0 Å². The van der Waals surface area contributed by atoms with E-state index in [2.05, 4.69) is 5.32 Å². The molecule has 0 atom stereocenters. The Morgan fingerprint density at radius 2 is 1.79 bits per heavy atom. The predicted octanol–water partition coefficient (Wildman–Crippen LogP) is 0.950. The van der Waals surface area contributed by atoms with Gasteiger partial charge in [-0.05, 0) is 17.7 Å². The van der Waals surface area contributed by atoms with Crippen LogP contribution in [0.1, 0.15) is 5.56 Å². The lowest BCUT2D eigenvalue weighted by Gasteiger charge is -2.07. The van der Waals surface area contributed by atoms with E-state index in [0.717, 1.165) is 5.56 Å². The summed E-state index contributed by atoms with van der Waals surface area (Å²) in [4.78, 5) is 10.1. The molecule has 4 nitrogen and oxygen atoms in total. The zero-order valence-corrected chi connectivity index (χ0v) is 8.24. The Kier molecular flexibility index (Phi) is 3.79. The van der Waals surface area contributed by atoms with Gasteiger partial charge in [-0.2, -0.15) is 0 Å². The third kappa shape index (κ3) is 2.65. The summed E-state index contributed by atoms with van der Waals surface area (Å²) < 4.78 is 10.2. The average Bonchev–Trinajstić information content (AvgIpc) is 2.25. The molecule has 1 rings (SSSR count). The molecule has 0 unspecified atom stereocenters. The summed E-state index contributed by atoms with van der Waals surface area (Å²) >= 11 is 0. The first-order valence-electron chi connectivity index (χ1n) is 4.19. The molecule has 14 heavy (non-hydrogen) atoms. The van der Waals surface area contributed by atoms with E-state index in [4.69, 9.17) is 9.47 Å². The van der Waals surface area contributed by atoms with Gasteiger partial charge in [-0.25, -0.2) is 0 Å². The van der Waals surface area contributed by atoms with Gasteiger partial charge in [-0.3, -0.25) is 4.79 Å². The quantitative estimate of drug-likeness (QED) is 0.711. The van der Waals surface area contributed by atoms with Crippen molar-refractivity contribution in [2.75, 3.05) is 14.2 Å². The Morgan fingerprint density at radius 1 is 1.21 bits per heavy atom. The van der Waals surface area contributed by atoms with Crippen LogP contribution in [0.25, 0.3) is 0 Å². The van der Waals surface area contributed by atoms with Crippen molar-refractivity contribution in [1.82, 2.24) is 5.32 Å². The first-order valence-corrected chi connectivity index (χ1v) is 4.19. The number of carbonyl (C=O) groups excluding carboxylic acids is 1. The zero-order valence-electron chi connectivity index (χ0n) is 8.24. The van der Waals surface area contributed by atoms with Crippen molar-refractivity contribution in [3.8, 4) is 11.5 Å². The lowest BCUT2D eigenvalue weighted by molar-refractivity contribution is -0.109. The highest BCUT2D eigenvalue weighted by atomic mass is 16.5. The van der Waals surface area contributed by atoms with Gasteiger partial charge in [0.25, 0.3) is 0 Å². The molecule has 1 amide bonds. The lowest BCUT2D eigenvalue weighted by Crippen LogP contribution is -2.09. The first-order chi connectivity index (χ1) is 6.80. The normalized spacial score (nSPS) is 9.29. The van der Waals surface area contributed by atoms with E-state index in [-0.39, 0.29) is 0 Å². The molecule has 0 saturated heterocycles. The van der Waals surface area contributed by atoms with E-state index in [0.29, 0.717) is 24.5 Å². The molecule has 0 bridgehead atoms. The Morgan fingerprint density at radius 3 is 2.21 bits per heavy atom. The molecular formula is C10H13NO3. The van der Waals surface area contributed by atoms with Crippen LogP contribution in [0.5, 0.6) is 11.5 Å². The maximum Gasteiger partial charge on any atom is 0.207 e. The van der Waals surface area contributed by atoms with Crippen molar-refractivity contribution < 1.29 is 14.3 Å². The fourth-order valence-electron chi connectivity index (χ4n) is 1.13. The predicted molar refractivity (Wildman–Crippen MR) is 52.4 cm³/mol. The summed E-state index contributed by atoms with van der Waals surface area (Å²) in [5.74, 6) is 1.43. The van der Waals surface area contributed by atoms with Gasteiger partial charge in [0.05, 0.1) is 14.2 Å². The van der Waals surface area contributed by atoms with Gasteiger partial charge in [0.15, 0.2) is 0 Å². The van der Waals surface area contributed by atoms with Crippen LogP contribution in [0.2, 0.25) is 0 Å². The van der Waals surface area contributed by atoms with E-state index in [1.807, 2.05) is 12.1 Å². The Hall–Kier alpha value is -1.71. The standard InChI is InChI=1S/C10H13NO3/c1-13-9-3-8(6-11-7-12)4-10(5-9)14-2/h3-5,7H,6H2,1-2H3,(H,11,12). The second-order valence-electron chi connectivity index (χ2n) is 2.72. The third-order valence-electron chi connectivity index (χ3n) is 1.80. The van der Waals surface area contributed by atoms with Crippen LogP contribution in [-0.4, -0.2) is 20.6 Å². The summed E-state index contributed by atoms with van der Waals surface area (Å²) in [6.45, 7) is 0.469. The van der Waals surface area contributed by atoms with Gasteiger partial charge in [0, 0.05) is 12.6 Å². The molecule has 1 aromatic carbocycles. The third-order valence-corrected chi connectivity index (χ3v) is 1.80. The largest absolute Gasteiger partial charge is 0.497 e. The summed E-state index contributed by atoms with van der Waals surface area (Å²) in [5.41, 5.74) is 0.938. The molecule has 1 aromatic rings. The van der Waals surface area contributed by atoms with Gasteiger partial charge >= 0.3 is 0 Å². The first kappa shape index (κ1) is 10.4.